The number of halogens is 1. The Morgan fingerprint density at radius 3 is 2.10 bits per heavy atom. The van der Waals surface area contributed by atoms with E-state index in [0.29, 0.717) is 15.8 Å². The van der Waals surface area contributed by atoms with E-state index in [1.54, 1.807) is 22.9 Å². The van der Waals surface area contributed by atoms with Gasteiger partial charge in [-0.3, -0.25) is 5.10 Å². The monoisotopic (exact) mass is 398 g/mol. The van der Waals surface area contributed by atoms with E-state index < -0.39 is 0 Å². The first-order valence-corrected chi connectivity index (χ1v) is 9.52. The first-order chi connectivity index (χ1) is 14.2. The Morgan fingerprint density at radius 1 is 0.793 bits per heavy atom. The lowest BCUT2D eigenvalue weighted by atomic mass is 10.0. The summed E-state index contributed by atoms with van der Waals surface area (Å²) in [5, 5.41) is 12.9. The van der Waals surface area contributed by atoms with Gasteiger partial charge in [0.1, 0.15) is 27.4 Å². The van der Waals surface area contributed by atoms with E-state index in [-0.39, 0.29) is 5.82 Å². The van der Waals surface area contributed by atoms with E-state index >= 15 is 0 Å². The molecule has 6 heteroatoms. The number of nitrogens with zero attached hydrogens (tertiary/aromatic N) is 3. The first-order valence-electron chi connectivity index (χ1n) is 9.11. The number of benzene rings is 3. The van der Waals surface area contributed by atoms with Crippen LogP contribution in [0.25, 0.3) is 39.1 Å². The van der Waals surface area contributed by atoms with E-state index in [1.165, 1.54) is 6.07 Å². The van der Waals surface area contributed by atoms with Gasteiger partial charge in [0.15, 0.2) is 0 Å². The molecule has 0 aliphatic carbocycles. The summed E-state index contributed by atoms with van der Waals surface area (Å²) >= 11 is 5.48. The molecule has 0 aliphatic heterocycles. The van der Waals surface area contributed by atoms with Crippen LogP contribution in [-0.4, -0.2) is 20.0 Å². The fourth-order valence-corrected chi connectivity index (χ4v) is 3.67. The van der Waals surface area contributed by atoms with Crippen LogP contribution in [0.2, 0.25) is 0 Å². The largest absolute Gasteiger partial charge is 0.265 e. The maximum absolute atomic E-state index is 14.7. The van der Waals surface area contributed by atoms with Crippen LogP contribution in [0.1, 0.15) is 0 Å². The Labute approximate surface area is 171 Å². The molecule has 3 aromatic carbocycles. The second kappa shape index (κ2) is 7.07. The SMILES string of the molecule is Fc1ccccc1-n1nc2c(=S)[nH]nc(-c3ccccc3)c2c1-c1ccccc1. The summed E-state index contributed by atoms with van der Waals surface area (Å²) in [6.07, 6.45) is 0. The minimum absolute atomic E-state index is 0.357. The fraction of sp³-hybridized carbons (Fsp3) is 0. The van der Waals surface area contributed by atoms with Crippen molar-refractivity contribution in [1.82, 2.24) is 20.0 Å². The highest BCUT2D eigenvalue weighted by molar-refractivity contribution is 7.71. The summed E-state index contributed by atoms with van der Waals surface area (Å²) in [5.41, 5.74) is 4.23. The molecule has 4 nitrogen and oxygen atoms in total. The van der Waals surface area contributed by atoms with Crippen molar-refractivity contribution in [3.63, 3.8) is 0 Å². The summed E-state index contributed by atoms with van der Waals surface area (Å²) in [5.74, 6) is -0.360. The molecular formula is C23H15FN4S. The highest BCUT2D eigenvalue weighted by Gasteiger charge is 2.22. The number of aromatic amines is 1. The molecule has 0 unspecified atom stereocenters. The highest BCUT2D eigenvalue weighted by Crippen LogP contribution is 2.37. The summed E-state index contributed by atoms with van der Waals surface area (Å²) < 4.78 is 16.7. The topological polar surface area (TPSA) is 46.5 Å². The molecule has 0 saturated heterocycles. The zero-order valence-electron chi connectivity index (χ0n) is 15.2. The lowest BCUT2D eigenvalue weighted by molar-refractivity contribution is 0.612. The molecule has 0 fully saturated rings. The Kier molecular flexibility index (Phi) is 4.26. The number of rotatable bonds is 3. The molecule has 5 aromatic rings. The van der Waals surface area contributed by atoms with Gasteiger partial charge in [0.05, 0.1) is 11.1 Å². The molecular weight excluding hydrogens is 383 g/mol. The summed E-state index contributed by atoms with van der Waals surface area (Å²) in [6.45, 7) is 0. The summed E-state index contributed by atoms with van der Waals surface area (Å²) in [6, 6.07) is 26.2. The zero-order chi connectivity index (χ0) is 19.8. The van der Waals surface area contributed by atoms with Gasteiger partial charge in [-0.15, -0.1) is 0 Å². The van der Waals surface area contributed by atoms with Crippen molar-refractivity contribution in [1.29, 1.82) is 0 Å². The fourth-order valence-electron chi connectivity index (χ4n) is 3.48. The second-order valence-corrected chi connectivity index (χ2v) is 6.98. The van der Waals surface area contributed by atoms with Crippen molar-refractivity contribution in [3.8, 4) is 28.2 Å². The molecule has 0 saturated carbocycles. The molecule has 0 spiro atoms. The van der Waals surface area contributed by atoms with Gasteiger partial charge < -0.3 is 0 Å². The minimum atomic E-state index is -0.360. The maximum Gasteiger partial charge on any atom is 0.148 e. The molecule has 0 atom stereocenters. The summed E-state index contributed by atoms with van der Waals surface area (Å²) in [4.78, 5) is 0. The third-order valence-corrected chi connectivity index (χ3v) is 5.07. The van der Waals surface area contributed by atoms with Gasteiger partial charge in [0.2, 0.25) is 0 Å². The van der Waals surface area contributed by atoms with Crippen LogP contribution >= 0.6 is 12.2 Å². The van der Waals surface area contributed by atoms with Crippen LogP contribution in [-0.2, 0) is 0 Å². The van der Waals surface area contributed by atoms with E-state index in [9.17, 15) is 4.39 Å². The summed E-state index contributed by atoms with van der Waals surface area (Å²) in [7, 11) is 0. The average Bonchev–Trinajstić information content (AvgIpc) is 3.17. The number of aromatic nitrogens is 4. The molecule has 0 amide bonds. The van der Waals surface area contributed by atoms with Crippen LogP contribution < -0.4 is 0 Å². The van der Waals surface area contributed by atoms with Crippen LogP contribution in [0.3, 0.4) is 0 Å². The molecule has 2 heterocycles. The van der Waals surface area contributed by atoms with Crippen molar-refractivity contribution in [2.75, 3.05) is 0 Å². The van der Waals surface area contributed by atoms with Gasteiger partial charge in [-0.25, -0.2) is 9.07 Å². The van der Waals surface area contributed by atoms with Crippen molar-refractivity contribution in [3.05, 3.63) is 95.4 Å². The average molecular weight is 398 g/mol. The van der Waals surface area contributed by atoms with Gasteiger partial charge in [-0.05, 0) is 12.1 Å². The number of hydrogen-bond donors (Lipinski definition) is 1. The normalized spacial score (nSPS) is 11.1. The molecule has 0 aliphatic rings. The van der Waals surface area contributed by atoms with Crippen molar-refractivity contribution in [2.45, 2.75) is 0 Å². The highest BCUT2D eigenvalue weighted by atomic mass is 32.1. The predicted octanol–water partition coefficient (Wildman–Crippen LogP) is 5.95. The van der Waals surface area contributed by atoms with Crippen molar-refractivity contribution >= 4 is 23.1 Å². The smallest absolute Gasteiger partial charge is 0.148 e. The number of para-hydroxylation sites is 1. The Balaban J connectivity index is 1.96. The van der Waals surface area contributed by atoms with Gasteiger partial charge in [-0.2, -0.15) is 10.2 Å². The molecule has 0 bridgehead atoms. The third kappa shape index (κ3) is 2.94. The van der Waals surface area contributed by atoms with Crippen molar-refractivity contribution in [2.24, 2.45) is 0 Å². The van der Waals surface area contributed by atoms with Crippen LogP contribution in [0, 0.1) is 10.5 Å². The van der Waals surface area contributed by atoms with E-state index in [1.807, 2.05) is 60.7 Å². The Bertz CT molecular complexity index is 1370. The lowest BCUT2D eigenvalue weighted by Crippen LogP contribution is -2.01. The zero-order valence-corrected chi connectivity index (χ0v) is 16.0. The predicted molar refractivity (Wildman–Crippen MR) is 115 cm³/mol. The van der Waals surface area contributed by atoms with Gasteiger partial charge in [-0.1, -0.05) is 85.0 Å². The van der Waals surface area contributed by atoms with Crippen LogP contribution in [0.15, 0.2) is 84.9 Å². The number of H-pyrrole nitrogens is 1. The number of hydrogen-bond acceptors (Lipinski definition) is 3. The van der Waals surface area contributed by atoms with Crippen molar-refractivity contribution < 1.29 is 4.39 Å². The number of nitrogens with one attached hydrogen (secondary N) is 1. The van der Waals surface area contributed by atoms with E-state index in [0.717, 1.165) is 27.9 Å². The maximum atomic E-state index is 14.7. The molecule has 29 heavy (non-hydrogen) atoms. The lowest BCUT2D eigenvalue weighted by Gasteiger charge is -2.10. The van der Waals surface area contributed by atoms with E-state index in [4.69, 9.17) is 17.3 Å². The molecule has 1 N–H and O–H groups in total. The molecule has 2 aromatic heterocycles. The Morgan fingerprint density at radius 2 is 1.41 bits per heavy atom. The molecule has 5 rings (SSSR count). The molecule has 0 radical (unpaired) electrons. The first kappa shape index (κ1) is 17.5. The van der Waals surface area contributed by atoms with Crippen LogP contribution in [0.4, 0.5) is 4.39 Å². The molecule has 140 valence electrons. The Hall–Kier alpha value is -3.64. The number of fused-ring (bicyclic) bond motifs is 1. The second-order valence-electron chi connectivity index (χ2n) is 6.57. The third-order valence-electron chi connectivity index (χ3n) is 4.78. The standard InChI is InChI=1S/C23H15FN4S/c24-17-13-7-8-14-18(17)28-22(16-11-5-2-6-12-16)19-20(15-9-3-1-4-10-15)25-26-23(29)21(19)27-28/h1-14H,(H,26,29). The van der Waals surface area contributed by atoms with Crippen LogP contribution in [0.5, 0.6) is 0 Å². The minimum Gasteiger partial charge on any atom is -0.265 e. The quantitative estimate of drug-likeness (QED) is 0.382. The van der Waals surface area contributed by atoms with Gasteiger partial charge in [0.25, 0.3) is 0 Å². The van der Waals surface area contributed by atoms with E-state index in [2.05, 4.69) is 10.2 Å². The van der Waals surface area contributed by atoms with Gasteiger partial charge in [0, 0.05) is 11.1 Å². The van der Waals surface area contributed by atoms with Gasteiger partial charge >= 0.3 is 0 Å².